The Kier molecular flexibility index (Phi) is 4.03. The number of carboxylic acid groups (broad SMARTS) is 1. The van der Waals surface area contributed by atoms with Crippen LogP contribution in [0, 0.1) is 0 Å². The van der Waals surface area contributed by atoms with Gasteiger partial charge in [-0.1, -0.05) is 6.92 Å². The topological polar surface area (TPSA) is 98.2 Å². The normalized spacial score (nSPS) is 20.0. The van der Waals surface area contributed by atoms with E-state index in [4.69, 9.17) is 4.98 Å². The van der Waals surface area contributed by atoms with Gasteiger partial charge in [0, 0.05) is 31.3 Å². The number of hydrogen-bond acceptors (Lipinski definition) is 6. The SMILES string of the molecule is CCc1cc(N2Cc3[nH]cnc3C[C@H]2C(=O)O)nc(N2CCCC2)n1. The van der Waals surface area contributed by atoms with Gasteiger partial charge in [0.05, 0.1) is 24.3 Å². The van der Waals surface area contributed by atoms with Gasteiger partial charge in [-0.05, 0) is 19.3 Å². The van der Waals surface area contributed by atoms with Crippen LogP contribution in [0.1, 0.15) is 36.8 Å². The number of aromatic amines is 1. The van der Waals surface area contributed by atoms with Crippen molar-refractivity contribution >= 4 is 17.7 Å². The molecule has 1 saturated heterocycles. The summed E-state index contributed by atoms with van der Waals surface area (Å²) in [5.74, 6) is 0.542. The lowest BCUT2D eigenvalue weighted by atomic mass is 10.0. The molecule has 0 bridgehead atoms. The summed E-state index contributed by atoms with van der Waals surface area (Å²) in [4.78, 5) is 32.6. The molecule has 1 fully saturated rings. The molecule has 8 nitrogen and oxygen atoms in total. The van der Waals surface area contributed by atoms with E-state index in [1.807, 2.05) is 11.0 Å². The van der Waals surface area contributed by atoms with Crippen molar-refractivity contribution in [3.63, 3.8) is 0 Å². The first kappa shape index (κ1) is 15.9. The third-order valence-corrected chi connectivity index (χ3v) is 4.98. The van der Waals surface area contributed by atoms with E-state index in [1.54, 1.807) is 6.33 Å². The number of nitrogens with one attached hydrogen (secondary N) is 1. The molecule has 1 atom stereocenters. The van der Waals surface area contributed by atoms with Crippen molar-refractivity contribution < 1.29 is 9.90 Å². The van der Waals surface area contributed by atoms with Gasteiger partial charge in [0.1, 0.15) is 11.9 Å². The molecule has 2 aromatic heterocycles. The number of aliphatic carboxylic acids is 1. The molecule has 0 amide bonds. The molecule has 2 aliphatic rings. The van der Waals surface area contributed by atoms with Gasteiger partial charge in [0.25, 0.3) is 0 Å². The van der Waals surface area contributed by atoms with E-state index in [0.717, 1.165) is 49.4 Å². The molecule has 0 spiro atoms. The Morgan fingerprint density at radius 3 is 2.88 bits per heavy atom. The number of imidazole rings is 1. The van der Waals surface area contributed by atoms with E-state index in [2.05, 4.69) is 26.8 Å². The Morgan fingerprint density at radius 1 is 1.36 bits per heavy atom. The minimum atomic E-state index is -0.854. The van der Waals surface area contributed by atoms with Gasteiger partial charge in [-0.2, -0.15) is 4.98 Å². The Bertz CT molecular complexity index is 783. The predicted molar refractivity (Wildman–Crippen MR) is 92.8 cm³/mol. The van der Waals surface area contributed by atoms with Gasteiger partial charge in [0.2, 0.25) is 5.95 Å². The summed E-state index contributed by atoms with van der Waals surface area (Å²) in [6.45, 7) is 4.43. The fraction of sp³-hybridized carbons (Fsp3) is 0.529. The molecular formula is C17H22N6O2. The molecule has 2 aromatic rings. The van der Waals surface area contributed by atoms with Crippen LogP contribution in [-0.2, 0) is 24.2 Å². The minimum Gasteiger partial charge on any atom is -0.480 e. The molecule has 0 saturated carbocycles. The number of carbonyl (C=O) groups is 1. The number of H-pyrrole nitrogens is 1. The van der Waals surface area contributed by atoms with Crippen molar-refractivity contribution in [2.45, 2.75) is 45.2 Å². The van der Waals surface area contributed by atoms with Gasteiger partial charge in [0.15, 0.2) is 0 Å². The van der Waals surface area contributed by atoms with Crippen LogP contribution in [0.25, 0.3) is 0 Å². The first-order chi connectivity index (χ1) is 12.2. The molecule has 0 radical (unpaired) electrons. The van der Waals surface area contributed by atoms with Crippen LogP contribution in [0.2, 0.25) is 0 Å². The fourth-order valence-electron chi connectivity index (χ4n) is 3.55. The molecular weight excluding hydrogens is 320 g/mol. The highest BCUT2D eigenvalue weighted by Crippen LogP contribution is 2.28. The number of aromatic nitrogens is 4. The number of aryl methyl sites for hydroxylation is 1. The lowest BCUT2D eigenvalue weighted by Crippen LogP contribution is -2.46. The Labute approximate surface area is 145 Å². The molecule has 0 aliphatic carbocycles. The van der Waals surface area contributed by atoms with Crippen LogP contribution in [0.3, 0.4) is 0 Å². The first-order valence-corrected chi connectivity index (χ1v) is 8.79. The number of fused-ring (bicyclic) bond motifs is 1. The molecule has 4 heterocycles. The summed E-state index contributed by atoms with van der Waals surface area (Å²) < 4.78 is 0. The van der Waals surface area contributed by atoms with Crippen LogP contribution in [0.4, 0.5) is 11.8 Å². The lowest BCUT2D eigenvalue weighted by Gasteiger charge is -2.33. The monoisotopic (exact) mass is 342 g/mol. The van der Waals surface area contributed by atoms with Crippen LogP contribution in [-0.4, -0.2) is 50.1 Å². The summed E-state index contributed by atoms with van der Waals surface area (Å²) in [5, 5.41) is 9.71. The Balaban J connectivity index is 1.73. The van der Waals surface area contributed by atoms with Gasteiger partial charge in [-0.3, -0.25) is 0 Å². The quantitative estimate of drug-likeness (QED) is 0.866. The van der Waals surface area contributed by atoms with Crippen molar-refractivity contribution in [1.82, 2.24) is 19.9 Å². The Hall–Kier alpha value is -2.64. The number of nitrogens with zero attached hydrogens (tertiary/aromatic N) is 5. The summed E-state index contributed by atoms with van der Waals surface area (Å²) in [5.41, 5.74) is 2.72. The van der Waals surface area contributed by atoms with Crippen LogP contribution in [0.15, 0.2) is 12.4 Å². The standard InChI is InChI=1S/C17H22N6O2/c1-2-11-7-15(21-17(20-11)22-5-3-4-6-22)23-9-13-12(18-10-19-13)8-14(23)16(24)25/h7,10,14H,2-6,8-9H2,1H3,(H,18,19)(H,24,25)/t14-/m0/s1. The number of rotatable bonds is 4. The van der Waals surface area contributed by atoms with Gasteiger partial charge in [-0.25, -0.2) is 14.8 Å². The zero-order chi connectivity index (χ0) is 17.4. The zero-order valence-corrected chi connectivity index (χ0v) is 14.3. The number of hydrogen-bond donors (Lipinski definition) is 2. The summed E-state index contributed by atoms with van der Waals surface area (Å²) >= 11 is 0. The first-order valence-electron chi connectivity index (χ1n) is 8.79. The van der Waals surface area contributed by atoms with Crippen molar-refractivity contribution in [1.29, 1.82) is 0 Å². The molecule has 4 rings (SSSR count). The molecule has 0 unspecified atom stereocenters. The summed E-state index contributed by atoms with van der Waals surface area (Å²) in [7, 11) is 0. The van der Waals surface area contributed by atoms with Gasteiger partial charge < -0.3 is 19.9 Å². The van der Waals surface area contributed by atoms with E-state index in [9.17, 15) is 9.90 Å². The van der Waals surface area contributed by atoms with Gasteiger partial charge in [-0.15, -0.1) is 0 Å². The second kappa shape index (κ2) is 6.34. The fourth-order valence-corrected chi connectivity index (χ4v) is 3.55. The van der Waals surface area contributed by atoms with E-state index in [-0.39, 0.29) is 0 Å². The summed E-state index contributed by atoms with van der Waals surface area (Å²) in [6.07, 6.45) is 5.08. The highest BCUT2D eigenvalue weighted by atomic mass is 16.4. The van der Waals surface area contributed by atoms with E-state index in [1.165, 1.54) is 0 Å². The van der Waals surface area contributed by atoms with Crippen LogP contribution >= 0.6 is 0 Å². The smallest absolute Gasteiger partial charge is 0.326 e. The molecule has 8 heteroatoms. The van der Waals surface area contributed by atoms with Crippen molar-refractivity contribution in [2.75, 3.05) is 22.9 Å². The lowest BCUT2D eigenvalue weighted by molar-refractivity contribution is -0.138. The average Bonchev–Trinajstić information content (AvgIpc) is 3.31. The predicted octanol–water partition coefficient (Wildman–Crippen LogP) is 1.38. The van der Waals surface area contributed by atoms with Crippen molar-refractivity contribution in [3.8, 4) is 0 Å². The highest BCUT2D eigenvalue weighted by molar-refractivity contribution is 5.79. The molecule has 2 N–H and O–H groups in total. The zero-order valence-electron chi connectivity index (χ0n) is 14.3. The largest absolute Gasteiger partial charge is 0.480 e. The van der Waals surface area contributed by atoms with E-state index >= 15 is 0 Å². The second-order valence-electron chi connectivity index (χ2n) is 6.58. The number of carboxylic acids is 1. The van der Waals surface area contributed by atoms with E-state index in [0.29, 0.717) is 24.7 Å². The second-order valence-corrected chi connectivity index (χ2v) is 6.58. The highest BCUT2D eigenvalue weighted by Gasteiger charge is 2.34. The maximum absolute atomic E-state index is 11.8. The molecule has 25 heavy (non-hydrogen) atoms. The van der Waals surface area contributed by atoms with Crippen molar-refractivity contribution in [2.24, 2.45) is 0 Å². The summed E-state index contributed by atoms with van der Waals surface area (Å²) in [6, 6.07) is 1.25. The third kappa shape index (κ3) is 2.92. The molecule has 2 aliphatic heterocycles. The third-order valence-electron chi connectivity index (χ3n) is 4.98. The minimum absolute atomic E-state index is 0.374. The molecule has 0 aromatic carbocycles. The van der Waals surface area contributed by atoms with Crippen LogP contribution < -0.4 is 9.80 Å². The van der Waals surface area contributed by atoms with Crippen molar-refractivity contribution in [3.05, 3.63) is 29.5 Å². The van der Waals surface area contributed by atoms with Crippen LogP contribution in [0.5, 0.6) is 0 Å². The van der Waals surface area contributed by atoms with Gasteiger partial charge >= 0.3 is 5.97 Å². The number of anilines is 2. The maximum Gasteiger partial charge on any atom is 0.326 e. The maximum atomic E-state index is 11.8. The van der Waals surface area contributed by atoms with E-state index < -0.39 is 12.0 Å². The molecule has 132 valence electrons. The average molecular weight is 342 g/mol. The Morgan fingerprint density at radius 2 is 2.16 bits per heavy atom.